The minimum Gasteiger partial charge on any atom is -0.369 e. The monoisotopic (exact) mass is 155 g/mol. The number of hydrogen-bond acceptors (Lipinski definition) is 1. The number of carbonyl (C=O) groups excluding carboxylic acids is 1. The lowest BCUT2D eigenvalue weighted by Gasteiger charge is -2.12. The van der Waals surface area contributed by atoms with Crippen molar-refractivity contribution in [2.24, 2.45) is 11.7 Å². The summed E-state index contributed by atoms with van der Waals surface area (Å²) < 4.78 is 12.7. The summed E-state index contributed by atoms with van der Waals surface area (Å²) in [6, 6.07) is 0. The van der Waals surface area contributed by atoms with Crippen LogP contribution in [0.4, 0.5) is 4.39 Å². The van der Waals surface area contributed by atoms with Gasteiger partial charge in [-0.25, -0.2) is 4.39 Å². The number of halogens is 1. The first-order valence-corrected chi connectivity index (χ1v) is 3.43. The molecule has 0 aromatic carbocycles. The lowest BCUT2D eigenvalue weighted by Crippen LogP contribution is -2.23. The van der Waals surface area contributed by atoms with Gasteiger partial charge in [0.15, 0.2) is 0 Å². The Kier molecular flexibility index (Phi) is 2.08. The van der Waals surface area contributed by atoms with Gasteiger partial charge in [0.25, 0.3) is 0 Å². The summed E-state index contributed by atoms with van der Waals surface area (Å²) in [5.74, 6) is -1.19. The molecule has 0 heterocycles. The van der Waals surface area contributed by atoms with Gasteiger partial charge in [-0.15, -0.1) is 0 Å². The first-order valence-electron chi connectivity index (χ1n) is 3.43. The van der Waals surface area contributed by atoms with Crippen molar-refractivity contribution in [3.05, 3.63) is 23.6 Å². The summed E-state index contributed by atoms with van der Waals surface area (Å²) in [5, 5.41) is 0. The minimum absolute atomic E-state index is 0.118. The van der Waals surface area contributed by atoms with E-state index in [-0.39, 0.29) is 12.2 Å². The van der Waals surface area contributed by atoms with E-state index in [0.717, 1.165) is 5.57 Å². The maximum atomic E-state index is 12.7. The normalized spacial score (nSPS) is 24.0. The number of amides is 1. The van der Waals surface area contributed by atoms with E-state index in [1.165, 1.54) is 6.08 Å². The van der Waals surface area contributed by atoms with Gasteiger partial charge in [-0.3, -0.25) is 4.79 Å². The van der Waals surface area contributed by atoms with Crippen LogP contribution < -0.4 is 5.73 Å². The van der Waals surface area contributed by atoms with Gasteiger partial charge < -0.3 is 5.73 Å². The van der Waals surface area contributed by atoms with Crippen LogP contribution in [0.1, 0.15) is 13.3 Å². The topological polar surface area (TPSA) is 43.1 Å². The first-order chi connectivity index (χ1) is 5.09. The van der Waals surface area contributed by atoms with Crippen LogP contribution in [0.2, 0.25) is 0 Å². The molecule has 0 fully saturated rings. The van der Waals surface area contributed by atoms with E-state index in [2.05, 4.69) is 0 Å². The van der Waals surface area contributed by atoms with Crippen LogP contribution in [-0.2, 0) is 4.79 Å². The van der Waals surface area contributed by atoms with Crippen LogP contribution in [0, 0.1) is 5.92 Å². The number of hydrogen-bond donors (Lipinski definition) is 1. The number of primary amides is 1. The maximum absolute atomic E-state index is 12.7. The zero-order chi connectivity index (χ0) is 8.43. The number of allylic oxidation sites excluding steroid dienone is 3. The third kappa shape index (κ3) is 1.90. The summed E-state index contributed by atoms with van der Waals surface area (Å²) >= 11 is 0. The zero-order valence-corrected chi connectivity index (χ0v) is 6.30. The Labute approximate surface area is 64.6 Å². The fourth-order valence-electron chi connectivity index (χ4n) is 1.12. The Morgan fingerprint density at radius 3 is 2.91 bits per heavy atom. The predicted molar refractivity (Wildman–Crippen MR) is 40.2 cm³/mol. The second kappa shape index (κ2) is 2.86. The molecule has 1 atom stereocenters. The summed E-state index contributed by atoms with van der Waals surface area (Å²) in [7, 11) is 0. The molecule has 0 aromatic heterocycles. The van der Waals surface area contributed by atoms with Gasteiger partial charge in [-0.2, -0.15) is 0 Å². The SMILES string of the molecule is CC1=CC(C(N)=O)CC(F)=C1. The highest BCUT2D eigenvalue weighted by molar-refractivity contribution is 5.79. The summed E-state index contributed by atoms with van der Waals surface area (Å²) in [6.07, 6.45) is 3.22. The van der Waals surface area contributed by atoms with Crippen LogP contribution in [-0.4, -0.2) is 5.91 Å². The molecule has 0 saturated carbocycles. The van der Waals surface area contributed by atoms with Crippen molar-refractivity contribution in [2.45, 2.75) is 13.3 Å². The Balaban J connectivity index is 2.79. The van der Waals surface area contributed by atoms with Crippen LogP contribution >= 0.6 is 0 Å². The average molecular weight is 155 g/mol. The zero-order valence-electron chi connectivity index (χ0n) is 6.30. The third-order valence-electron chi connectivity index (χ3n) is 1.63. The fourth-order valence-corrected chi connectivity index (χ4v) is 1.12. The molecule has 0 radical (unpaired) electrons. The van der Waals surface area contributed by atoms with E-state index in [1.807, 2.05) is 0 Å². The molecule has 1 aliphatic rings. The molecule has 0 aromatic rings. The smallest absolute Gasteiger partial charge is 0.224 e. The minimum atomic E-state index is -0.465. The molecule has 0 aliphatic heterocycles. The van der Waals surface area contributed by atoms with Gasteiger partial charge in [0.05, 0.1) is 5.92 Å². The van der Waals surface area contributed by atoms with Crippen LogP contribution in [0.15, 0.2) is 23.6 Å². The van der Waals surface area contributed by atoms with Gasteiger partial charge >= 0.3 is 0 Å². The molecular weight excluding hydrogens is 145 g/mol. The quantitative estimate of drug-likeness (QED) is 0.609. The molecule has 60 valence electrons. The van der Waals surface area contributed by atoms with Crippen molar-refractivity contribution >= 4 is 5.91 Å². The third-order valence-corrected chi connectivity index (χ3v) is 1.63. The highest BCUT2D eigenvalue weighted by Crippen LogP contribution is 2.22. The molecule has 11 heavy (non-hydrogen) atoms. The van der Waals surface area contributed by atoms with Crippen molar-refractivity contribution in [3.63, 3.8) is 0 Å². The Bertz CT molecular complexity index is 242. The standard InChI is InChI=1S/C8H10FNO/c1-5-2-6(8(10)11)4-7(9)3-5/h2-3,6H,4H2,1H3,(H2,10,11). The van der Waals surface area contributed by atoms with Crippen molar-refractivity contribution in [1.82, 2.24) is 0 Å². The van der Waals surface area contributed by atoms with Crippen molar-refractivity contribution in [2.75, 3.05) is 0 Å². The van der Waals surface area contributed by atoms with Crippen molar-refractivity contribution in [1.29, 1.82) is 0 Å². The van der Waals surface area contributed by atoms with Crippen LogP contribution in [0.25, 0.3) is 0 Å². The largest absolute Gasteiger partial charge is 0.369 e. The lowest BCUT2D eigenvalue weighted by atomic mass is 9.96. The molecule has 1 amide bonds. The number of nitrogens with two attached hydrogens (primary N) is 1. The summed E-state index contributed by atoms with van der Waals surface area (Å²) in [5.41, 5.74) is 5.78. The molecule has 3 heteroatoms. The van der Waals surface area contributed by atoms with E-state index < -0.39 is 11.8 Å². The van der Waals surface area contributed by atoms with Crippen molar-refractivity contribution in [3.8, 4) is 0 Å². The highest BCUT2D eigenvalue weighted by Gasteiger charge is 2.17. The Morgan fingerprint density at radius 1 is 1.82 bits per heavy atom. The molecule has 0 bridgehead atoms. The summed E-state index contributed by atoms with van der Waals surface area (Å²) in [6.45, 7) is 1.74. The second-order valence-electron chi connectivity index (χ2n) is 2.71. The Hall–Kier alpha value is -1.12. The molecule has 2 N–H and O–H groups in total. The van der Waals surface area contributed by atoms with Crippen molar-refractivity contribution < 1.29 is 9.18 Å². The molecule has 2 nitrogen and oxygen atoms in total. The highest BCUT2D eigenvalue weighted by atomic mass is 19.1. The maximum Gasteiger partial charge on any atom is 0.224 e. The van der Waals surface area contributed by atoms with Gasteiger partial charge in [-0.05, 0) is 13.0 Å². The van der Waals surface area contributed by atoms with E-state index in [4.69, 9.17) is 5.73 Å². The predicted octanol–water partition coefficient (Wildman–Crippen LogP) is 1.29. The van der Waals surface area contributed by atoms with E-state index in [1.54, 1.807) is 13.0 Å². The van der Waals surface area contributed by atoms with Gasteiger partial charge in [-0.1, -0.05) is 11.6 Å². The fraction of sp³-hybridized carbons (Fsp3) is 0.375. The van der Waals surface area contributed by atoms with E-state index in [9.17, 15) is 9.18 Å². The molecule has 0 spiro atoms. The molecule has 1 rings (SSSR count). The van der Waals surface area contributed by atoms with E-state index in [0.29, 0.717) is 0 Å². The van der Waals surface area contributed by atoms with Crippen LogP contribution in [0.3, 0.4) is 0 Å². The van der Waals surface area contributed by atoms with Crippen LogP contribution in [0.5, 0.6) is 0 Å². The van der Waals surface area contributed by atoms with Gasteiger partial charge in [0.1, 0.15) is 5.83 Å². The molecule has 0 saturated heterocycles. The average Bonchev–Trinajstić information content (AvgIpc) is 1.85. The molecular formula is C8H10FNO. The molecule has 1 aliphatic carbocycles. The first kappa shape index (κ1) is 7.98. The number of rotatable bonds is 1. The Morgan fingerprint density at radius 2 is 2.45 bits per heavy atom. The summed E-state index contributed by atoms with van der Waals surface area (Å²) in [4.78, 5) is 10.6. The second-order valence-corrected chi connectivity index (χ2v) is 2.71. The lowest BCUT2D eigenvalue weighted by molar-refractivity contribution is -0.120. The van der Waals surface area contributed by atoms with Gasteiger partial charge in [0.2, 0.25) is 5.91 Å². The number of carbonyl (C=O) groups is 1. The van der Waals surface area contributed by atoms with E-state index >= 15 is 0 Å². The molecule has 1 unspecified atom stereocenters. The van der Waals surface area contributed by atoms with Gasteiger partial charge in [0, 0.05) is 6.42 Å².